The predicted molar refractivity (Wildman–Crippen MR) is 81.9 cm³/mol. The van der Waals surface area contributed by atoms with Crippen molar-refractivity contribution in [3.63, 3.8) is 0 Å². The lowest BCUT2D eigenvalue weighted by atomic mass is 9.98. The zero-order valence-electron chi connectivity index (χ0n) is 12.6. The fraction of sp³-hybridized carbons (Fsp3) is 0.222. The Balaban J connectivity index is 1.81. The number of carbonyl (C=O) groups excluding carboxylic acids is 1. The van der Waals surface area contributed by atoms with Crippen molar-refractivity contribution in [3.05, 3.63) is 64.7 Å². The van der Waals surface area contributed by atoms with Crippen LogP contribution < -0.4 is 4.90 Å². The second-order valence-corrected chi connectivity index (χ2v) is 6.18. The quantitative estimate of drug-likeness (QED) is 0.940. The van der Waals surface area contributed by atoms with Gasteiger partial charge in [-0.15, -0.1) is 0 Å². The highest BCUT2D eigenvalue weighted by Crippen LogP contribution is 2.57. The first-order valence-corrected chi connectivity index (χ1v) is 7.57. The average Bonchev–Trinajstić information content (AvgIpc) is 3.33. The van der Waals surface area contributed by atoms with Gasteiger partial charge in [0.2, 0.25) is 5.91 Å². The summed E-state index contributed by atoms with van der Waals surface area (Å²) in [7, 11) is 0. The second kappa shape index (κ2) is 4.87. The van der Waals surface area contributed by atoms with E-state index in [4.69, 9.17) is 0 Å². The number of hydrogen-bond donors (Lipinski definition) is 1. The molecule has 0 atom stereocenters. The summed E-state index contributed by atoms with van der Waals surface area (Å²) in [5, 5.41) is 9.24. The number of halogens is 2. The highest BCUT2D eigenvalue weighted by Gasteiger charge is 2.59. The van der Waals surface area contributed by atoms with Crippen LogP contribution in [0.4, 0.5) is 14.5 Å². The van der Waals surface area contributed by atoms with Crippen LogP contribution in [-0.4, -0.2) is 17.0 Å². The summed E-state index contributed by atoms with van der Waals surface area (Å²) in [4.78, 5) is 25.5. The molecule has 1 amide bonds. The predicted octanol–water partition coefficient (Wildman–Crippen LogP) is 3.24. The van der Waals surface area contributed by atoms with Gasteiger partial charge in [-0.25, -0.2) is 13.6 Å². The van der Waals surface area contributed by atoms with Crippen molar-refractivity contribution >= 4 is 17.6 Å². The lowest BCUT2D eigenvalue weighted by molar-refractivity contribution is -0.120. The molecule has 1 fully saturated rings. The van der Waals surface area contributed by atoms with Gasteiger partial charge >= 0.3 is 5.97 Å². The maximum absolute atomic E-state index is 14.2. The first-order chi connectivity index (χ1) is 11.5. The molecule has 0 bridgehead atoms. The second-order valence-electron chi connectivity index (χ2n) is 6.18. The van der Waals surface area contributed by atoms with Gasteiger partial charge in [0.05, 0.1) is 17.5 Å². The largest absolute Gasteiger partial charge is 0.478 e. The Morgan fingerprint density at radius 1 is 1.17 bits per heavy atom. The van der Waals surface area contributed by atoms with E-state index in [9.17, 15) is 23.5 Å². The van der Waals surface area contributed by atoms with Crippen molar-refractivity contribution in [2.45, 2.75) is 24.8 Å². The lowest BCUT2D eigenvalue weighted by Gasteiger charge is -2.20. The van der Waals surface area contributed by atoms with Crippen molar-refractivity contribution in [3.8, 4) is 0 Å². The van der Waals surface area contributed by atoms with Crippen molar-refractivity contribution in [2.75, 3.05) is 4.90 Å². The molecule has 1 aliphatic heterocycles. The standard InChI is InChI=1S/C18H13F2NO3/c19-13-6-5-10(16(22)23)11(15(13)20)9-21-14-4-2-1-3-12(14)18(7-8-18)17(21)24/h1-6H,7-9H2,(H,22,23). The number of amides is 1. The van der Waals surface area contributed by atoms with E-state index < -0.39 is 23.0 Å². The minimum atomic E-state index is -1.36. The third-order valence-corrected chi connectivity index (χ3v) is 4.86. The molecule has 1 aliphatic carbocycles. The maximum Gasteiger partial charge on any atom is 0.336 e. The highest BCUT2D eigenvalue weighted by molar-refractivity contribution is 6.10. The number of aromatic carboxylic acids is 1. The molecule has 1 heterocycles. The Morgan fingerprint density at radius 3 is 2.54 bits per heavy atom. The van der Waals surface area contributed by atoms with Gasteiger partial charge in [0.15, 0.2) is 11.6 Å². The molecular weight excluding hydrogens is 316 g/mol. The molecule has 1 spiro atoms. The SMILES string of the molecule is O=C(O)c1ccc(F)c(F)c1CN1C(=O)C2(CC2)c2ccccc21. The molecule has 1 saturated carbocycles. The van der Waals surface area contributed by atoms with Crippen molar-refractivity contribution < 1.29 is 23.5 Å². The first-order valence-electron chi connectivity index (χ1n) is 7.57. The lowest BCUT2D eigenvalue weighted by Crippen LogP contribution is -2.32. The van der Waals surface area contributed by atoms with Crippen LogP contribution in [0.1, 0.15) is 34.3 Å². The van der Waals surface area contributed by atoms with Gasteiger partial charge < -0.3 is 10.0 Å². The minimum Gasteiger partial charge on any atom is -0.478 e. The summed E-state index contributed by atoms with van der Waals surface area (Å²) >= 11 is 0. The Morgan fingerprint density at radius 2 is 1.88 bits per heavy atom. The summed E-state index contributed by atoms with van der Waals surface area (Å²) < 4.78 is 27.8. The van der Waals surface area contributed by atoms with Gasteiger partial charge in [-0.3, -0.25) is 4.79 Å². The number of hydrogen-bond acceptors (Lipinski definition) is 2. The number of benzene rings is 2. The van der Waals surface area contributed by atoms with Crippen LogP contribution in [0.3, 0.4) is 0 Å². The molecule has 0 unspecified atom stereocenters. The van der Waals surface area contributed by atoms with Crippen LogP contribution in [0, 0.1) is 11.6 Å². The van der Waals surface area contributed by atoms with Crippen LogP contribution in [-0.2, 0) is 16.8 Å². The highest BCUT2D eigenvalue weighted by atomic mass is 19.2. The number of para-hydroxylation sites is 1. The molecule has 2 aromatic carbocycles. The van der Waals surface area contributed by atoms with Crippen LogP contribution in [0.5, 0.6) is 0 Å². The van der Waals surface area contributed by atoms with Gasteiger partial charge in [0.25, 0.3) is 0 Å². The van der Waals surface area contributed by atoms with E-state index in [-0.39, 0.29) is 23.6 Å². The number of carbonyl (C=O) groups is 2. The molecule has 0 aromatic heterocycles. The minimum absolute atomic E-state index is 0.177. The van der Waals surface area contributed by atoms with E-state index in [0.717, 1.165) is 30.5 Å². The van der Waals surface area contributed by atoms with E-state index in [1.54, 1.807) is 12.1 Å². The zero-order chi connectivity index (χ0) is 17.1. The molecule has 2 aliphatic rings. The van der Waals surface area contributed by atoms with E-state index in [1.165, 1.54) is 4.90 Å². The van der Waals surface area contributed by atoms with Crippen LogP contribution >= 0.6 is 0 Å². The Labute approximate surface area is 136 Å². The monoisotopic (exact) mass is 329 g/mol. The summed E-state index contributed by atoms with van der Waals surface area (Å²) in [5.41, 5.74) is 0.298. The Kier molecular flexibility index (Phi) is 3.00. The number of rotatable bonds is 3. The van der Waals surface area contributed by atoms with Gasteiger partial charge in [0.1, 0.15) is 0 Å². The van der Waals surface area contributed by atoms with Crippen LogP contribution in [0.15, 0.2) is 36.4 Å². The first kappa shape index (κ1) is 14.8. The van der Waals surface area contributed by atoms with Gasteiger partial charge in [-0.2, -0.15) is 0 Å². The van der Waals surface area contributed by atoms with E-state index in [0.29, 0.717) is 5.69 Å². The summed E-state index contributed by atoms with van der Waals surface area (Å²) in [6, 6.07) is 9.01. The molecule has 4 rings (SSSR count). The van der Waals surface area contributed by atoms with Crippen molar-refractivity contribution in [1.82, 2.24) is 0 Å². The molecule has 2 aromatic rings. The van der Waals surface area contributed by atoms with Crippen molar-refractivity contribution in [1.29, 1.82) is 0 Å². The Hall–Kier alpha value is -2.76. The smallest absolute Gasteiger partial charge is 0.336 e. The summed E-state index contributed by atoms with van der Waals surface area (Å²) in [5.74, 6) is -3.89. The number of nitrogens with zero attached hydrogens (tertiary/aromatic N) is 1. The van der Waals surface area contributed by atoms with Crippen LogP contribution in [0.2, 0.25) is 0 Å². The molecule has 4 nitrogen and oxygen atoms in total. The third-order valence-electron chi connectivity index (χ3n) is 4.86. The van der Waals surface area contributed by atoms with Gasteiger partial charge in [0, 0.05) is 11.3 Å². The fourth-order valence-corrected chi connectivity index (χ4v) is 3.47. The van der Waals surface area contributed by atoms with E-state index in [2.05, 4.69) is 0 Å². The normalized spacial score (nSPS) is 17.2. The van der Waals surface area contributed by atoms with Crippen LogP contribution in [0.25, 0.3) is 0 Å². The van der Waals surface area contributed by atoms with Gasteiger partial charge in [-0.1, -0.05) is 18.2 Å². The zero-order valence-corrected chi connectivity index (χ0v) is 12.6. The van der Waals surface area contributed by atoms with Crippen molar-refractivity contribution in [2.24, 2.45) is 0 Å². The molecule has 24 heavy (non-hydrogen) atoms. The summed E-state index contributed by atoms with van der Waals surface area (Å²) in [6.07, 6.45) is 1.44. The summed E-state index contributed by atoms with van der Waals surface area (Å²) in [6.45, 7) is -0.303. The molecule has 0 radical (unpaired) electrons. The fourth-order valence-electron chi connectivity index (χ4n) is 3.47. The molecule has 122 valence electrons. The molecule has 1 N–H and O–H groups in total. The Bertz CT molecular complexity index is 890. The van der Waals surface area contributed by atoms with E-state index in [1.807, 2.05) is 12.1 Å². The average molecular weight is 329 g/mol. The number of anilines is 1. The number of fused-ring (bicyclic) bond motifs is 2. The number of carboxylic acid groups (broad SMARTS) is 1. The molecule has 0 saturated heterocycles. The van der Waals surface area contributed by atoms with Gasteiger partial charge in [-0.05, 0) is 36.6 Å². The number of carboxylic acids is 1. The molecular formula is C18H13F2NO3. The van der Waals surface area contributed by atoms with E-state index >= 15 is 0 Å². The maximum atomic E-state index is 14.2. The topological polar surface area (TPSA) is 57.6 Å². The third kappa shape index (κ3) is 1.89. The molecule has 6 heteroatoms.